The molecule has 0 saturated heterocycles. The molecule has 0 heterocycles. The van der Waals surface area contributed by atoms with Gasteiger partial charge in [-0.2, -0.15) is 0 Å². The quantitative estimate of drug-likeness (QED) is 0.588. The van der Waals surface area contributed by atoms with Crippen molar-refractivity contribution in [3.05, 3.63) is 11.6 Å². The average molecular weight is 272 g/mol. The number of carbonyl (C=O) groups is 1. The number of ketones is 1. The smallest absolute Gasteiger partial charge is 0.143 e. The van der Waals surface area contributed by atoms with Gasteiger partial charge in [0.15, 0.2) is 0 Å². The molecule has 0 amide bonds. The topological polar surface area (TPSA) is 17.1 Å². The van der Waals surface area contributed by atoms with Gasteiger partial charge in [0.25, 0.3) is 0 Å². The van der Waals surface area contributed by atoms with Gasteiger partial charge in [-0.15, -0.1) is 0 Å². The summed E-state index contributed by atoms with van der Waals surface area (Å²) < 4.78 is 0. The van der Waals surface area contributed by atoms with Crippen LogP contribution >= 0.6 is 0 Å². The second-order valence-electron chi connectivity index (χ2n) is 8.82. The molecule has 2 bridgehead atoms. The molecule has 1 heteroatoms. The highest BCUT2D eigenvalue weighted by atomic mass is 16.1. The summed E-state index contributed by atoms with van der Waals surface area (Å²) in [5.74, 6) is 3.61. The van der Waals surface area contributed by atoms with Gasteiger partial charge in [-0.3, -0.25) is 4.79 Å². The molecule has 0 aliphatic heterocycles. The van der Waals surface area contributed by atoms with Gasteiger partial charge in [0.2, 0.25) is 0 Å². The highest BCUT2D eigenvalue weighted by Gasteiger charge is 2.68. The van der Waals surface area contributed by atoms with Gasteiger partial charge in [0, 0.05) is 11.3 Å². The van der Waals surface area contributed by atoms with Crippen molar-refractivity contribution in [2.45, 2.75) is 59.8 Å². The van der Waals surface area contributed by atoms with Crippen LogP contribution in [0, 0.1) is 40.4 Å². The number of allylic oxidation sites excluding steroid dienone is 2. The van der Waals surface area contributed by atoms with Gasteiger partial charge >= 0.3 is 0 Å². The highest BCUT2D eigenvalue weighted by Crippen LogP contribution is 2.71. The summed E-state index contributed by atoms with van der Waals surface area (Å²) in [6.45, 7) is 9.46. The van der Waals surface area contributed by atoms with E-state index in [0.29, 0.717) is 34.9 Å². The summed E-state index contributed by atoms with van der Waals surface area (Å²) in [5, 5.41) is 0. The van der Waals surface area contributed by atoms with Gasteiger partial charge in [-0.1, -0.05) is 38.8 Å². The van der Waals surface area contributed by atoms with Crippen LogP contribution in [0.2, 0.25) is 0 Å². The maximum absolute atomic E-state index is 13.5. The minimum Gasteiger partial charge on any atom is -0.299 e. The summed E-state index contributed by atoms with van der Waals surface area (Å²) in [6, 6.07) is 0. The molecule has 4 aliphatic rings. The number of carbonyl (C=O) groups excluding carboxylic acids is 1. The minimum atomic E-state index is 0.0198. The van der Waals surface area contributed by atoms with E-state index in [1.54, 1.807) is 0 Å². The molecule has 3 fully saturated rings. The second-order valence-corrected chi connectivity index (χ2v) is 8.82. The van der Waals surface area contributed by atoms with E-state index in [0.717, 1.165) is 18.8 Å². The Hall–Kier alpha value is -0.590. The van der Waals surface area contributed by atoms with Crippen LogP contribution in [0.25, 0.3) is 0 Å². The van der Waals surface area contributed by atoms with Gasteiger partial charge in [-0.25, -0.2) is 0 Å². The Kier molecular flexibility index (Phi) is 2.48. The van der Waals surface area contributed by atoms with Crippen LogP contribution in [0.1, 0.15) is 59.8 Å². The predicted octanol–water partition coefficient (Wildman–Crippen LogP) is 4.62. The predicted molar refractivity (Wildman–Crippen MR) is 81.2 cm³/mol. The third-order valence-corrected chi connectivity index (χ3v) is 7.65. The summed E-state index contributed by atoms with van der Waals surface area (Å²) in [6.07, 6.45) is 8.52. The molecule has 3 saturated carbocycles. The third-order valence-electron chi connectivity index (χ3n) is 7.65. The van der Waals surface area contributed by atoms with Crippen molar-refractivity contribution < 1.29 is 4.79 Å². The van der Waals surface area contributed by atoms with Crippen molar-refractivity contribution in [2.75, 3.05) is 0 Å². The standard InChI is InChI=1S/C19H28O/c1-11-8-13-6-5-7-19(13)12(2)10-15-16(18(15,3)4)14(9-11)17(19)20/h8,12-16H,5-7,9-10H2,1-4H3/t12-,13+,14?,15-,16+,19-/m1/s1. The molecule has 0 aromatic carbocycles. The number of Topliss-reactive ketones (excluding diaryl/α,β-unsaturated/α-hetero) is 1. The van der Waals surface area contributed by atoms with E-state index in [4.69, 9.17) is 0 Å². The first kappa shape index (κ1) is 13.1. The maximum Gasteiger partial charge on any atom is 0.143 e. The van der Waals surface area contributed by atoms with Gasteiger partial charge < -0.3 is 0 Å². The third kappa shape index (κ3) is 1.37. The molecule has 20 heavy (non-hydrogen) atoms. The zero-order valence-electron chi connectivity index (χ0n) is 13.4. The van der Waals surface area contributed by atoms with E-state index < -0.39 is 0 Å². The first-order valence-electron chi connectivity index (χ1n) is 8.60. The zero-order chi connectivity index (χ0) is 14.3. The maximum atomic E-state index is 13.5. The number of hydrogen-bond acceptors (Lipinski definition) is 1. The van der Waals surface area contributed by atoms with Gasteiger partial charge in [0.05, 0.1) is 0 Å². The normalized spacial score (nSPS) is 52.5. The minimum absolute atomic E-state index is 0.0198. The number of fused-ring (bicyclic) bond motifs is 3. The Morgan fingerprint density at radius 3 is 2.80 bits per heavy atom. The van der Waals surface area contributed by atoms with Gasteiger partial charge in [0.1, 0.15) is 5.78 Å². The number of hydrogen-bond donors (Lipinski definition) is 0. The van der Waals surface area contributed by atoms with Gasteiger partial charge in [-0.05, 0) is 61.7 Å². The fraction of sp³-hybridized carbons (Fsp3) is 0.842. The molecule has 6 atom stereocenters. The van der Waals surface area contributed by atoms with Crippen molar-refractivity contribution in [1.82, 2.24) is 0 Å². The lowest BCUT2D eigenvalue weighted by Gasteiger charge is -2.39. The first-order valence-corrected chi connectivity index (χ1v) is 8.60. The van der Waals surface area contributed by atoms with Crippen molar-refractivity contribution in [3.63, 3.8) is 0 Å². The molecule has 0 radical (unpaired) electrons. The zero-order valence-corrected chi connectivity index (χ0v) is 13.4. The SMILES string of the molecule is CC1=C[C@@H]2CCC[C@]23C(=O)C(C1)[C@H]1[C@@H](C[C@H]3C)C1(C)C. The van der Waals surface area contributed by atoms with Crippen LogP contribution in [0.15, 0.2) is 11.6 Å². The molecule has 0 N–H and O–H groups in total. The molecule has 4 rings (SSSR count). The fourth-order valence-corrected chi connectivity index (χ4v) is 6.56. The molecule has 1 nitrogen and oxygen atoms in total. The second kappa shape index (κ2) is 3.78. The molecule has 4 aliphatic carbocycles. The van der Waals surface area contributed by atoms with E-state index in [1.807, 2.05) is 0 Å². The molecule has 0 aromatic heterocycles. The van der Waals surface area contributed by atoms with E-state index in [-0.39, 0.29) is 5.41 Å². The molecular formula is C19H28O. The van der Waals surface area contributed by atoms with Crippen molar-refractivity contribution in [1.29, 1.82) is 0 Å². The Labute approximate surface area is 123 Å². The van der Waals surface area contributed by atoms with Crippen LogP contribution in [0.4, 0.5) is 0 Å². The number of rotatable bonds is 0. The lowest BCUT2D eigenvalue weighted by atomic mass is 9.63. The Balaban J connectivity index is 1.85. The lowest BCUT2D eigenvalue weighted by Crippen LogP contribution is -2.42. The van der Waals surface area contributed by atoms with Crippen molar-refractivity contribution in [3.8, 4) is 0 Å². The summed E-state index contributed by atoms with van der Waals surface area (Å²) in [4.78, 5) is 13.5. The summed E-state index contributed by atoms with van der Waals surface area (Å²) in [5.41, 5.74) is 1.92. The van der Waals surface area contributed by atoms with Crippen LogP contribution in [0.3, 0.4) is 0 Å². The molecular weight excluding hydrogens is 244 g/mol. The van der Waals surface area contributed by atoms with Crippen LogP contribution in [-0.2, 0) is 4.79 Å². The Morgan fingerprint density at radius 1 is 1.30 bits per heavy atom. The first-order chi connectivity index (χ1) is 9.39. The summed E-state index contributed by atoms with van der Waals surface area (Å²) in [7, 11) is 0. The lowest BCUT2D eigenvalue weighted by molar-refractivity contribution is -0.137. The fourth-order valence-electron chi connectivity index (χ4n) is 6.56. The molecule has 1 unspecified atom stereocenters. The molecule has 0 aromatic rings. The molecule has 110 valence electrons. The average Bonchev–Trinajstić information content (AvgIpc) is 2.77. The van der Waals surface area contributed by atoms with Crippen molar-refractivity contribution >= 4 is 5.78 Å². The largest absolute Gasteiger partial charge is 0.299 e. The van der Waals surface area contributed by atoms with E-state index in [9.17, 15) is 4.79 Å². The van der Waals surface area contributed by atoms with Crippen LogP contribution in [-0.4, -0.2) is 5.78 Å². The Morgan fingerprint density at radius 2 is 2.05 bits per heavy atom. The van der Waals surface area contributed by atoms with Crippen LogP contribution < -0.4 is 0 Å². The van der Waals surface area contributed by atoms with E-state index >= 15 is 0 Å². The monoisotopic (exact) mass is 272 g/mol. The van der Waals surface area contributed by atoms with Crippen LogP contribution in [0.5, 0.6) is 0 Å². The van der Waals surface area contributed by atoms with E-state index in [2.05, 4.69) is 33.8 Å². The summed E-state index contributed by atoms with van der Waals surface area (Å²) >= 11 is 0. The Bertz CT molecular complexity index is 500. The molecule has 1 spiro atoms. The highest BCUT2D eigenvalue weighted by molar-refractivity contribution is 5.90. The van der Waals surface area contributed by atoms with Crippen molar-refractivity contribution in [2.24, 2.45) is 40.4 Å². The van der Waals surface area contributed by atoms with E-state index in [1.165, 1.54) is 24.8 Å².